The van der Waals surface area contributed by atoms with Crippen molar-refractivity contribution < 1.29 is 0 Å². The number of nitrogens with zero attached hydrogens (tertiary/aromatic N) is 2. The normalized spacial score (nSPS) is 22.5. The Morgan fingerprint density at radius 2 is 2.27 bits per heavy atom. The SMILES string of the molecule is Cc1cnc(Cl)nc1NCC1CC1(C)C. The van der Waals surface area contributed by atoms with Crippen LogP contribution >= 0.6 is 11.6 Å². The zero-order valence-electron chi connectivity index (χ0n) is 9.34. The molecule has 3 nitrogen and oxygen atoms in total. The molecule has 0 amide bonds. The summed E-state index contributed by atoms with van der Waals surface area (Å²) in [6, 6.07) is 0. The van der Waals surface area contributed by atoms with Gasteiger partial charge in [-0.3, -0.25) is 0 Å². The lowest BCUT2D eigenvalue weighted by Crippen LogP contribution is -2.09. The van der Waals surface area contributed by atoms with E-state index in [2.05, 4.69) is 29.1 Å². The van der Waals surface area contributed by atoms with Crippen LogP contribution in [-0.2, 0) is 0 Å². The summed E-state index contributed by atoms with van der Waals surface area (Å²) in [5.41, 5.74) is 1.54. The minimum Gasteiger partial charge on any atom is -0.369 e. The third-order valence-electron chi connectivity index (χ3n) is 3.18. The van der Waals surface area contributed by atoms with Gasteiger partial charge in [-0.25, -0.2) is 9.97 Å². The third-order valence-corrected chi connectivity index (χ3v) is 3.36. The van der Waals surface area contributed by atoms with E-state index in [9.17, 15) is 0 Å². The molecule has 0 radical (unpaired) electrons. The van der Waals surface area contributed by atoms with Crippen LogP contribution in [0.15, 0.2) is 6.20 Å². The Balaban J connectivity index is 1.96. The molecule has 0 bridgehead atoms. The minimum atomic E-state index is 0.304. The molecule has 0 aliphatic heterocycles. The van der Waals surface area contributed by atoms with Crippen molar-refractivity contribution in [3.63, 3.8) is 0 Å². The first-order chi connectivity index (χ1) is 6.99. The zero-order chi connectivity index (χ0) is 11.1. The molecule has 1 fully saturated rings. The highest BCUT2D eigenvalue weighted by Crippen LogP contribution is 2.51. The number of anilines is 1. The Bertz CT molecular complexity index is 376. The number of halogens is 1. The first kappa shape index (κ1) is 10.7. The number of aromatic nitrogens is 2. The molecule has 1 atom stereocenters. The summed E-state index contributed by atoms with van der Waals surface area (Å²) < 4.78 is 0. The number of hydrogen-bond acceptors (Lipinski definition) is 3. The van der Waals surface area contributed by atoms with Crippen molar-refractivity contribution in [2.45, 2.75) is 27.2 Å². The third kappa shape index (κ3) is 2.40. The van der Waals surface area contributed by atoms with E-state index in [0.717, 1.165) is 23.8 Å². The number of nitrogens with one attached hydrogen (secondary N) is 1. The van der Waals surface area contributed by atoms with Crippen LogP contribution in [-0.4, -0.2) is 16.5 Å². The van der Waals surface area contributed by atoms with E-state index in [4.69, 9.17) is 11.6 Å². The fraction of sp³-hybridized carbons (Fsp3) is 0.636. The lowest BCUT2D eigenvalue weighted by molar-refractivity contribution is 0.572. The Kier molecular flexibility index (Phi) is 2.59. The van der Waals surface area contributed by atoms with Crippen LogP contribution in [0, 0.1) is 18.3 Å². The van der Waals surface area contributed by atoms with Crippen molar-refractivity contribution in [3.05, 3.63) is 17.0 Å². The van der Waals surface area contributed by atoms with Crippen molar-refractivity contribution in [1.82, 2.24) is 9.97 Å². The van der Waals surface area contributed by atoms with Gasteiger partial charge in [-0.05, 0) is 36.3 Å². The second-order valence-corrected chi connectivity index (χ2v) is 5.28. The van der Waals surface area contributed by atoms with Gasteiger partial charge in [0.25, 0.3) is 0 Å². The molecule has 15 heavy (non-hydrogen) atoms. The maximum absolute atomic E-state index is 5.74. The molecule has 82 valence electrons. The highest BCUT2D eigenvalue weighted by atomic mass is 35.5. The monoisotopic (exact) mass is 225 g/mol. The van der Waals surface area contributed by atoms with Gasteiger partial charge in [0.1, 0.15) is 5.82 Å². The van der Waals surface area contributed by atoms with E-state index in [1.165, 1.54) is 6.42 Å². The van der Waals surface area contributed by atoms with Crippen molar-refractivity contribution in [3.8, 4) is 0 Å². The van der Waals surface area contributed by atoms with E-state index in [-0.39, 0.29) is 0 Å². The smallest absolute Gasteiger partial charge is 0.224 e. The van der Waals surface area contributed by atoms with Crippen LogP contribution in [0.4, 0.5) is 5.82 Å². The summed E-state index contributed by atoms with van der Waals surface area (Å²) in [7, 11) is 0. The largest absolute Gasteiger partial charge is 0.369 e. The van der Waals surface area contributed by atoms with Gasteiger partial charge in [0.05, 0.1) is 0 Å². The predicted molar refractivity (Wildman–Crippen MR) is 62.2 cm³/mol. The van der Waals surface area contributed by atoms with Crippen molar-refractivity contribution in [2.24, 2.45) is 11.3 Å². The van der Waals surface area contributed by atoms with E-state index in [1.54, 1.807) is 6.20 Å². The van der Waals surface area contributed by atoms with Crippen LogP contribution in [0.3, 0.4) is 0 Å². The van der Waals surface area contributed by atoms with Gasteiger partial charge in [-0.1, -0.05) is 13.8 Å². The Labute approximate surface area is 95.3 Å². The lowest BCUT2D eigenvalue weighted by atomic mass is 10.1. The molecule has 1 unspecified atom stereocenters. The lowest BCUT2D eigenvalue weighted by Gasteiger charge is -2.09. The van der Waals surface area contributed by atoms with Gasteiger partial charge in [0, 0.05) is 18.3 Å². The van der Waals surface area contributed by atoms with Crippen molar-refractivity contribution in [2.75, 3.05) is 11.9 Å². The summed E-state index contributed by atoms with van der Waals surface area (Å²) in [6.45, 7) is 7.54. The van der Waals surface area contributed by atoms with E-state index in [1.807, 2.05) is 6.92 Å². The van der Waals surface area contributed by atoms with Crippen molar-refractivity contribution >= 4 is 17.4 Å². The topological polar surface area (TPSA) is 37.8 Å². The van der Waals surface area contributed by atoms with Gasteiger partial charge >= 0.3 is 0 Å². The van der Waals surface area contributed by atoms with Crippen LogP contribution in [0.25, 0.3) is 0 Å². The molecule has 1 N–H and O–H groups in total. The summed E-state index contributed by atoms with van der Waals surface area (Å²) in [5.74, 6) is 1.61. The number of hydrogen-bond donors (Lipinski definition) is 1. The fourth-order valence-electron chi connectivity index (χ4n) is 1.74. The molecular weight excluding hydrogens is 210 g/mol. The highest BCUT2D eigenvalue weighted by molar-refractivity contribution is 6.28. The van der Waals surface area contributed by atoms with Crippen LogP contribution in [0.5, 0.6) is 0 Å². The van der Waals surface area contributed by atoms with Gasteiger partial charge in [0.2, 0.25) is 5.28 Å². The Morgan fingerprint density at radius 1 is 1.60 bits per heavy atom. The first-order valence-corrected chi connectivity index (χ1v) is 5.60. The molecular formula is C11H16ClN3. The summed E-state index contributed by atoms with van der Waals surface area (Å²) in [4.78, 5) is 8.09. The molecule has 0 saturated heterocycles. The Morgan fingerprint density at radius 3 is 2.87 bits per heavy atom. The second-order valence-electron chi connectivity index (χ2n) is 4.94. The van der Waals surface area contributed by atoms with E-state index < -0.39 is 0 Å². The average molecular weight is 226 g/mol. The number of rotatable bonds is 3. The number of aryl methyl sites for hydroxylation is 1. The molecule has 1 heterocycles. The first-order valence-electron chi connectivity index (χ1n) is 5.22. The molecule has 1 aliphatic carbocycles. The standard InChI is InChI=1S/C11H16ClN3/c1-7-5-14-10(12)15-9(7)13-6-8-4-11(8,2)3/h5,8H,4,6H2,1-3H3,(H,13,14,15). The van der Waals surface area contributed by atoms with Crippen LogP contribution in [0.1, 0.15) is 25.8 Å². The van der Waals surface area contributed by atoms with Gasteiger partial charge in [-0.2, -0.15) is 0 Å². The zero-order valence-corrected chi connectivity index (χ0v) is 10.1. The van der Waals surface area contributed by atoms with Crippen LogP contribution < -0.4 is 5.32 Å². The van der Waals surface area contributed by atoms with Crippen LogP contribution in [0.2, 0.25) is 5.28 Å². The van der Waals surface area contributed by atoms with E-state index in [0.29, 0.717) is 10.7 Å². The summed E-state index contributed by atoms with van der Waals surface area (Å²) in [5, 5.41) is 3.64. The Hall–Kier alpha value is -0.830. The van der Waals surface area contributed by atoms with E-state index >= 15 is 0 Å². The molecule has 0 spiro atoms. The van der Waals surface area contributed by atoms with Crippen molar-refractivity contribution in [1.29, 1.82) is 0 Å². The van der Waals surface area contributed by atoms with Gasteiger partial charge in [-0.15, -0.1) is 0 Å². The second kappa shape index (κ2) is 3.63. The quantitative estimate of drug-likeness (QED) is 0.804. The fourth-order valence-corrected chi connectivity index (χ4v) is 1.88. The molecule has 1 saturated carbocycles. The molecule has 2 rings (SSSR count). The van der Waals surface area contributed by atoms with Gasteiger partial charge < -0.3 is 5.32 Å². The minimum absolute atomic E-state index is 0.304. The highest BCUT2D eigenvalue weighted by Gasteiger charge is 2.45. The predicted octanol–water partition coefficient (Wildman–Crippen LogP) is 2.90. The maximum Gasteiger partial charge on any atom is 0.224 e. The molecule has 1 aromatic rings. The average Bonchev–Trinajstić information content (AvgIpc) is 2.76. The maximum atomic E-state index is 5.74. The van der Waals surface area contributed by atoms with Gasteiger partial charge in [0.15, 0.2) is 0 Å². The molecule has 1 aromatic heterocycles. The summed E-state index contributed by atoms with van der Waals surface area (Å²) in [6.07, 6.45) is 3.04. The summed E-state index contributed by atoms with van der Waals surface area (Å²) >= 11 is 5.74. The molecule has 1 aliphatic rings. The molecule has 0 aromatic carbocycles. The molecule has 4 heteroatoms.